The Kier molecular flexibility index (Phi) is 6.50. The second kappa shape index (κ2) is 9.56. The Balaban J connectivity index is 1.48. The van der Waals surface area contributed by atoms with Crippen molar-refractivity contribution >= 4 is 74.1 Å². The van der Waals surface area contributed by atoms with Crippen molar-refractivity contribution in [3.05, 3.63) is 109 Å². The van der Waals surface area contributed by atoms with Crippen LogP contribution in [0, 0.1) is 9.39 Å². The Morgan fingerprint density at radius 1 is 0.971 bits per heavy atom. The van der Waals surface area contributed by atoms with Gasteiger partial charge in [-0.1, -0.05) is 48.0 Å². The standard InChI is InChI=1S/C26H17ClFIN2O2S/c27-21-5-3-6-22(28)20(21)15-30-14-17(19-4-1-2-7-23(19)30)12-24-25(32)31(26(33)34-24)13-16-8-10-18(29)11-9-16/h1-12,14H,13,15H2/b24-12-. The van der Waals surface area contributed by atoms with E-state index in [-0.39, 0.29) is 30.1 Å². The van der Waals surface area contributed by atoms with E-state index in [1.54, 1.807) is 18.2 Å². The lowest BCUT2D eigenvalue weighted by Gasteiger charge is -2.12. The smallest absolute Gasteiger partial charge is 0.293 e. The Labute approximate surface area is 218 Å². The van der Waals surface area contributed by atoms with Crippen LogP contribution in [-0.2, 0) is 17.9 Å². The molecular formula is C26H17ClFIN2O2S. The monoisotopic (exact) mass is 602 g/mol. The van der Waals surface area contributed by atoms with E-state index in [2.05, 4.69) is 22.6 Å². The summed E-state index contributed by atoms with van der Waals surface area (Å²) >= 11 is 9.39. The largest absolute Gasteiger partial charge is 0.342 e. The van der Waals surface area contributed by atoms with Crippen LogP contribution in [0.25, 0.3) is 17.0 Å². The molecule has 4 aromatic rings. The second-order valence-corrected chi connectivity index (χ2v) is 10.5. The van der Waals surface area contributed by atoms with Crippen molar-refractivity contribution in [2.45, 2.75) is 13.1 Å². The third-order valence-corrected chi connectivity index (χ3v) is 7.60. The van der Waals surface area contributed by atoms with E-state index in [1.165, 1.54) is 11.0 Å². The van der Waals surface area contributed by atoms with Crippen molar-refractivity contribution < 1.29 is 14.0 Å². The summed E-state index contributed by atoms with van der Waals surface area (Å²) in [6.45, 7) is 0.473. The highest BCUT2D eigenvalue weighted by Gasteiger charge is 2.35. The molecule has 2 amide bonds. The van der Waals surface area contributed by atoms with Gasteiger partial charge in [-0.15, -0.1) is 0 Å². The summed E-state index contributed by atoms with van der Waals surface area (Å²) in [4.78, 5) is 27.3. The van der Waals surface area contributed by atoms with Crippen LogP contribution < -0.4 is 0 Å². The molecule has 5 rings (SSSR count). The van der Waals surface area contributed by atoms with Crippen molar-refractivity contribution in [1.82, 2.24) is 9.47 Å². The zero-order chi connectivity index (χ0) is 23.8. The molecule has 0 atom stereocenters. The Hall–Kier alpha value is -2.62. The maximum atomic E-state index is 14.4. The molecule has 0 unspecified atom stereocenters. The lowest BCUT2D eigenvalue weighted by molar-refractivity contribution is -0.123. The van der Waals surface area contributed by atoms with Crippen molar-refractivity contribution in [1.29, 1.82) is 0 Å². The summed E-state index contributed by atoms with van der Waals surface area (Å²) < 4.78 is 17.4. The lowest BCUT2D eigenvalue weighted by Crippen LogP contribution is -2.27. The van der Waals surface area contributed by atoms with Gasteiger partial charge < -0.3 is 4.57 Å². The molecule has 170 valence electrons. The number of amides is 2. The number of nitrogens with zero attached hydrogens (tertiary/aromatic N) is 2. The van der Waals surface area contributed by atoms with E-state index in [0.717, 1.165) is 37.4 Å². The van der Waals surface area contributed by atoms with Crippen molar-refractivity contribution in [2.24, 2.45) is 0 Å². The van der Waals surface area contributed by atoms with Crippen LogP contribution in [0.4, 0.5) is 9.18 Å². The number of thioether (sulfide) groups is 1. The van der Waals surface area contributed by atoms with Gasteiger partial charge in [0.25, 0.3) is 11.1 Å². The second-order valence-electron chi connectivity index (χ2n) is 7.82. The molecule has 3 aromatic carbocycles. The summed E-state index contributed by atoms with van der Waals surface area (Å²) in [5.41, 5.74) is 2.95. The SMILES string of the molecule is O=C1S/C(=C\c2cn(Cc3c(F)cccc3Cl)c3ccccc23)C(=O)N1Cc1ccc(I)cc1. The van der Waals surface area contributed by atoms with Gasteiger partial charge in [0.05, 0.1) is 18.0 Å². The molecule has 0 aliphatic carbocycles. The van der Waals surface area contributed by atoms with E-state index in [4.69, 9.17) is 11.6 Å². The number of fused-ring (bicyclic) bond motifs is 1. The molecule has 0 saturated carbocycles. The van der Waals surface area contributed by atoms with Gasteiger partial charge in [0.1, 0.15) is 5.82 Å². The minimum Gasteiger partial charge on any atom is -0.342 e. The van der Waals surface area contributed by atoms with Crippen molar-refractivity contribution in [2.75, 3.05) is 0 Å². The number of imide groups is 1. The highest BCUT2D eigenvalue weighted by molar-refractivity contribution is 14.1. The first-order chi connectivity index (χ1) is 16.4. The summed E-state index contributed by atoms with van der Waals surface area (Å²) in [7, 11) is 0. The molecular weight excluding hydrogens is 586 g/mol. The molecule has 0 spiro atoms. The number of carbonyl (C=O) groups is 2. The van der Waals surface area contributed by atoms with Gasteiger partial charge >= 0.3 is 0 Å². The van der Waals surface area contributed by atoms with Gasteiger partial charge in [0, 0.05) is 36.8 Å². The van der Waals surface area contributed by atoms with Crippen LogP contribution in [-0.4, -0.2) is 20.6 Å². The maximum Gasteiger partial charge on any atom is 0.293 e. The van der Waals surface area contributed by atoms with Gasteiger partial charge in [-0.2, -0.15) is 0 Å². The molecule has 1 fully saturated rings. The fourth-order valence-corrected chi connectivity index (χ4v) is 5.34. The Morgan fingerprint density at radius 3 is 2.50 bits per heavy atom. The molecule has 1 aliphatic heterocycles. The summed E-state index contributed by atoms with van der Waals surface area (Å²) in [5, 5.41) is 0.965. The molecule has 0 N–H and O–H groups in total. The van der Waals surface area contributed by atoms with Crippen molar-refractivity contribution in [3.63, 3.8) is 0 Å². The van der Waals surface area contributed by atoms with Gasteiger partial charge in [-0.3, -0.25) is 14.5 Å². The first-order valence-electron chi connectivity index (χ1n) is 10.4. The van der Waals surface area contributed by atoms with Crippen molar-refractivity contribution in [3.8, 4) is 0 Å². The van der Waals surface area contributed by atoms with E-state index < -0.39 is 0 Å². The molecule has 1 saturated heterocycles. The average Bonchev–Trinajstić information content (AvgIpc) is 3.30. The number of para-hydroxylation sites is 1. The Morgan fingerprint density at radius 2 is 1.74 bits per heavy atom. The molecule has 4 nitrogen and oxygen atoms in total. The maximum absolute atomic E-state index is 14.4. The normalized spacial score (nSPS) is 15.1. The number of rotatable bonds is 5. The van der Waals surface area contributed by atoms with Crippen LogP contribution in [0.1, 0.15) is 16.7 Å². The number of carbonyl (C=O) groups excluding carboxylic acids is 2. The minimum absolute atomic E-state index is 0.229. The van der Waals surface area contributed by atoms with Crippen LogP contribution >= 0.6 is 46.0 Å². The zero-order valence-electron chi connectivity index (χ0n) is 17.7. The minimum atomic E-state index is -0.372. The van der Waals surface area contributed by atoms with E-state index >= 15 is 0 Å². The van der Waals surface area contributed by atoms with E-state index in [9.17, 15) is 14.0 Å². The first kappa shape index (κ1) is 23.1. The molecule has 1 aliphatic rings. The number of hydrogen-bond acceptors (Lipinski definition) is 3. The predicted octanol–water partition coefficient (Wildman–Crippen LogP) is 7.32. The van der Waals surface area contributed by atoms with Crippen LogP contribution in [0.2, 0.25) is 5.02 Å². The molecule has 34 heavy (non-hydrogen) atoms. The van der Waals surface area contributed by atoms with Crippen LogP contribution in [0.5, 0.6) is 0 Å². The third kappa shape index (κ3) is 4.52. The third-order valence-electron chi connectivity index (χ3n) is 5.62. The van der Waals surface area contributed by atoms with Crippen LogP contribution in [0.15, 0.2) is 77.8 Å². The van der Waals surface area contributed by atoms with E-state index in [1.807, 2.05) is 59.3 Å². The number of hydrogen-bond donors (Lipinski definition) is 0. The molecule has 1 aromatic heterocycles. The molecule has 0 bridgehead atoms. The number of aromatic nitrogens is 1. The predicted molar refractivity (Wildman–Crippen MR) is 143 cm³/mol. The molecule has 2 heterocycles. The highest BCUT2D eigenvalue weighted by atomic mass is 127. The Bertz CT molecular complexity index is 1450. The van der Waals surface area contributed by atoms with Gasteiger partial charge in [0.15, 0.2) is 0 Å². The fourth-order valence-electron chi connectivity index (χ4n) is 3.92. The molecule has 8 heteroatoms. The average molecular weight is 603 g/mol. The summed E-state index contributed by atoms with van der Waals surface area (Å²) in [6, 6.07) is 20.0. The highest BCUT2D eigenvalue weighted by Crippen LogP contribution is 2.35. The summed E-state index contributed by atoms with van der Waals surface area (Å²) in [5.74, 6) is -0.689. The quantitative estimate of drug-likeness (QED) is 0.178. The topological polar surface area (TPSA) is 42.3 Å². The van der Waals surface area contributed by atoms with Gasteiger partial charge in [-0.05, 0) is 76.3 Å². The van der Waals surface area contributed by atoms with Crippen LogP contribution in [0.3, 0.4) is 0 Å². The fraction of sp³-hybridized carbons (Fsp3) is 0.0769. The number of benzene rings is 3. The first-order valence-corrected chi connectivity index (χ1v) is 12.7. The van der Waals surface area contributed by atoms with Gasteiger partial charge in [-0.25, -0.2) is 4.39 Å². The number of halogens is 3. The van der Waals surface area contributed by atoms with Gasteiger partial charge in [0.2, 0.25) is 0 Å². The zero-order valence-corrected chi connectivity index (χ0v) is 21.4. The summed E-state index contributed by atoms with van der Waals surface area (Å²) in [6.07, 6.45) is 3.60. The van der Waals surface area contributed by atoms with E-state index in [0.29, 0.717) is 15.5 Å². The molecule has 0 radical (unpaired) electrons. The lowest BCUT2D eigenvalue weighted by atomic mass is 10.1.